The molecule has 0 aliphatic heterocycles. The number of aromatic nitrogens is 2. The van der Waals surface area contributed by atoms with Gasteiger partial charge in [-0.2, -0.15) is 4.98 Å². The first-order valence-electron chi connectivity index (χ1n) is 6.17. The molecular weight excluding hydrogens is 219 g/mol. The second-order valence-electron chi connectivity index (χ2n) is 4.21. The summed E-state index contributed by atoms with van der Waals surface area (Å²) in [5.41, 5.74) is 0. The maximum absolute atomic E-state index is 13.4. The van der Waals surface area contributed by atoms with Crippen LogP contribution in [0, 0.1) is 11.7 Å². The summed E-state index contributed by atoms with van der Waals surface area (Å²) >= 11 is 0. The van der Waals surface area contributed by atoms with Crippen LogP contribution < -0.4 is 10.6 Å². The monoisotopic (exact) mass is 240 g/mol. The van der Waals surface area contributed by atoms with Crippen molar-refractivity contribution in [3.63, 3.8) is 0 Å². The van der Waals surface area contributed by atoms with Gasteiger partial charge in [0.15, 0.2) is 11.6 Å². The van der Waals surface area contributed by atoms with Gasteiger partial charge in [0, 0.05) is 13.1 Å². The molecule has 1 aromatic heterocycles. The van der Waals surface area contributed by atoms with Crippen LogP contribution >= 0.6 is 0 Å². The van der Waals surface area contributed by atoms with Gasteiger partial charge in [-0.1, -0.05) is 27.2 Å². The highest BCUT2D eigenvalue weighted by Crippen LogP contribution is 2.13. The zero-order valence-corrected chi connectivity index (χ0v) is 10.8. The van der Waals surface area contributed by atoms with Crippen LogP contribution in [0.2, 0.25) is 0 Å². The van der Waals surface area contributed by atoms with Crippen LogP contribution in [0.3, 0.4) is 0 Å². The molecule has 0 radical (unpaired) electrons. The van der Waals surface area contributed by atoms with Gasteiger partial charge in [0.05, 0.1) is 6.20 Å². The second kappa shape index (κ2) is 7.04. The summed E-state index contributed by atoms with van der Waals surface area (Å²) in [5.74, 6) is 0.838. The highest BCUT2D eigenvalue weighted by molar-refractivity contribution is 5.40. The smallest absolute Gasteiger partial charge is 0.224 e. The van der Waals surface area contributed by atoms with E-state index in [1.807, 2.05) is 0 Å². The number of rotatable bonds is 7. The highest BCUT2D eigenvalue weighted by Gasteiger charge is 2.07. The molecule has 4 nitrogen and oxygen atoms in total. The van der Waals surface area contributed by atoms with E-state index in [2.05, 4.69) is 41.4 Å². The molecule has 1 aromatic rings. The van der Waals surface area contributed by atoms with Crippen molar-refractivity contribution in [3.05, 3.63) is 12.0 Å². The predicted molar refractivity (Wildman–Crippen MR) is 68.7 cm³/mol. The first-order valence-corrected chi connectivity index (χ1v) is 6.17. The van der Waals surface area contributed by atoms with Crippen LogP contribution in [0.5, 0.6) is 0 Å². The largest absolute Gasteiger partial charge is 0.367 e. The van der Waals surface area contributed by atoms with E-state index >= 15 is 0 Å². The Balaban J connectivity index is 2.62. The minimum atomic E-state index is -0.407. The molecule has 0 amide bonds. The molecule has 0 aliphatic carbocycles. The van der Waals surface area contributed by atoms with Crippen molar-refractivity contribution in [2.75, 3.05) is 23.7 Å². The lowest BCUT2D eigenvalue weighted by molar-refractivity contribution is 0.580. The summed E-state index contributed by atoms with van der Waals surface area (Å²) in [6.07, 6.45) is 3.24. The van der Waals surface area contributed by atoms with Gasteiger partial charge >= 0.3 is 0 Å². The van der Waals surface area contributed by atoms with Crippen molar-refractivity contribution in [3.8, 4) is 0 Å². The van der Waals surface area contributed by atoms with Gasteiger partial charge in [-0.25, -0.2) is 9.37 Å². The van der Waals surface area contributed by atoms with Crippen molar-refractivity contribution in [1.29, 1.82) is 0 Å². The van der Waals surface area contributed by atoms with Crippen LogP contribution in [-0.4, -0.2) is 23.1 Å². The maximum atomic E-state index is 13.4. The minimum absolute atomic E-state index is 0.277. The first kappa shape index (κ1) is 13.7. The summed E-state index contributed by atoms with van der Waals surface area (Å²) in [6.45, 7) is 7.78. The molecule has 0 saturated carbocycles. The Morgan fingerprint density at radius 3 is 2.76 bits per heavy atom. The van der Waals surface area contributed by atoms with Gasteiger partial charge < -0.3 is 10.6 Å². The van der Waals surface area contributed by atoms with Gasteiger partial charge in [-0.3, -0.25) is 0 Å². The second-order valence-corrected chi connectivity index (χ2v) is 4.21. The Labute approximate surface area is 102 Å². The maximum Gasteiger partial charge on any atom is 0.224 e. The van der Waals surface area contributed by atoms with Crippen LogP contribution in [-0.2, 0) is 0 Å². The molecule has 1 heterocycles. The summed E-state index contributed by atoms with van der Waals surface area (Å²) in [5, 5.41) is 6.05. The Kier molecular flexibility index (Phi) is 5.66. The number of hydrogen-bond acceptors (Lipinski definition) is 4. The van der Waals surface area contributed by atoms with E-state index in [0.29, 0.717) is 11.9 Å². The SMILES string of the molecule is CCCNc1ncc(F)c(NCC(C)CC)n1. The molecule has 1 rings (SSSR count). The van der Waals surface area contributed by atoms with Crippen molar-refractivity contribution in [2.24, 2.45) is 5.92 Å². The van der Waals surface area contributed by atoms with Gasteiger partial charge in [-0.15, -0.1) is 0 Å². The van der Waals surface area contributed by atoms with Crippen LogP contribution in [0.4, 0.5) is 16.2 Å². The third kappa shape index (κ3) is 4.54. The summed E-state index contributed by atoms with van der Waals surface area (Å²) in [7, 11) is 0. The van der Waals surface area contributed by atoms with E-state index in [1.54, 1.807) is 0 Å². The molecule has 0 fully saturated rings. The molecule has 1 unspecified atom stereocenters. The fourth-order valence-electron chi connectivity index (χ4n) is 1.23. The molecular formula is C12H21FN4. The molecule has 1 atom stereocenters. The number of hydrogen-bond donors (Lipinski definition) is 2. The number of halogens is 1. The average molecular weight is 240 g/mol. The van der Waals surface area contributed by atoms with Gasteiger partial charge in [0.25, 0.3) is 0 Å². The normalized spacial score (nSPS) is 12.2. The van der Waals surface area contributed by atoms with E-state index in [1.165, 1.54) is 6.20 Å². The standard InChI is InChI=1S/C12H21FN4/c1-4-6-14-12-16-8-10(13)11(17-12)15-7-9(3)5-2/h8-9H,4-7H2,1-3H3,(H2,14,15,16,17). The minimum Gasteiger partial charge on any atom is -0.367 e. The Morgan fingerprint density at radius 2 is 2.12 bits per heavy atom. The number of anilines is 2. The number of nitrogens with zero attached hydrogens (tertiary/aromatic N) is 2. The predicted octanol–water partition coefficient (Wildman–Crippen LogP) is 2.90. The summed E-state index contributed by atoms with van der Waals surface area (Å²) in [4.78, 5) is 7.99. The third-order valence-corrected chi connectivity index (χ3v) is 2.59. The van der Waals surface area contributed by atoms with E-state index in [4.69, 9.17) is 0 Å². The Bertz CT molecular complexity index is 343. The molecule has 17 heavy (non-hydrogen) atoms. The quantitative estimate of drug-likeness (QED) is 0.769. The van der Waals surface area contributed by atoms with E-state index < -0.39 is 5.82 Å². The fourth-order valence-corrected chi connectivity index (χ4v) is 1.23. The first-order chi connectivity index (χ1) is 8.17. The Morgan fingerprint density at radius 1 is 1.35 bits per heavy atom. The average Bonchev–Trinajstić information content (AvgIpc) is 2.35. The zero-order chi connectivity index (χ0) is 12.7. The topological polar surface area (TPSA) is 49.8 Å². The van der Waals surface area contributed by atoms with Crippen molar-refractivity contribution < 1.29 is 4.39 Å². The lowest BCUT2D eigenvalue weighted by Crippen LogP contribution is -2.14. The van der Waals surface area contributed by atoms with E-state index in [-0.39, 0.29) is 5.82 Å². The van der Waals surface area contributed by atoms with Crippen molar-refractivity contribution in [2.45, 2.75) is 33.6 Å². The van der Waals surface area contributed by atoms with Gasteiger partial charge in [0.1, 0.15) is 0 Å². The molecule has 2 N–H and O–H groups in total. The fraction of sp³-hybridized carbons (Fsp3) is 0.667. The molecule has 0 spiro atoms. The van der Waals surface area contributed by atoms with Gasteiger partial charge in [0.2, 0.25) is 5.95 Å². The van der Waals surface area contributed by atoms with Crippen LogP contribution in [0.15, 0.2) is 6.20 Å². The summed E-state index contributed by atoms with van der Waals surface area (Å²) < 4.78 is 13.4. The van der Waals surface area contributed by atoms with Crippen molar-refractivity contribution in [1.82, 2.24) is 9.97 Å². The molecule has 96 valence electrons. The number of nitrogens with one attached hydrogen (secondary N) is 2. The zero-order valence-electron chi connectivity index (χ0n) is 10.8. The van der Waals surface area contributed by atoms with E-state index in [0.717, 1.165) is 25.9 Å². The molecule has 0 bridgehead atoms. The lowest BCUT2D eigenvalue weighted by atomic mass is 10.1. The third-order valence-electron chi connectivity index (χ3n) is 2.59. The van der Waals surface area contributed by atoms with Crippen LogP contribution in [0.1, 0.15) is 33.6 Å². The highest BCUT2D eigenvalue weighted by atomic mass is 19.1. The molecule has 0 saturated heterocycles. The molecule has 5 heteroatoms. The van der Waals surface area contributed by atoms with Gasteiger partial charge in [-0.05, 0) is 12.3 Å². The van der Waals surface area contributed by atoms with E-state index in [9.17, 15) is 4.39 Å². The molecule has 0 aliphatic rings. The molecule has 0 aromatic carbocycles. The summed E-state index contributed by atoms with van der Waals surface area (Å²) in [6, 6.07) is 0. The van der Waals surface area contributed by atoms with Crippen LogP contribution in [0.25, 0.3) is 0 Å². The lowest BCUT2D eigenvalue weighted by Gasteiger charge is -2.12. The van der Waals surface area contributed by atoms with Crippen molar-refractivity contribution >= 4 is 11.8 Å². The Hall–Kier alpha value is -1.39.